The van der Waals surface area contributed by atoms with Crippen LogP contribution in [-0.2, 0) is 6.42 Å². The van der Waals surface area contributed by atoms with Crippen LogP contribution in [-0.4, -0.2) is 4.98 Å². The molecule has 1 heterocycles. The third kappa shape index (κ3) is 1.45. The van der Waals surface area contributed by atoms with Crippen LogP contribution in [0.3, 0.4) is 0 Å². The van der Waals surface area contributed by atoms with Crippen molar-refractivity contribution >= 4 is 21.6 Å². The summed E-state index contributed by atoms with van der Waals surface area (Å²) in [4.78, 5) is 13.5. The van der Waals surface area contributed by atoms with E-state index in [1.54, 1.807) is 6.20 Å². The molecule has 0 aromatic carbocycles. The monoisotopic (exact) mass is 216 g/mol. The molecule has 11 heavy (non-hydrogen) atoms. The van der Waals surface area contributed by atoms with Gasteiger partial charge in [-0.2, -0.15) is 0 Å². The number of anilines is 1. The SMILES string of the molecule is CCc1c(Br)c[nH]c(=O)c1N. The van der Waals surface area contributed by atoms with Crippen molar-refractivity contribution in [3.8, 4) is 0 Å². The van der Waals surface area contributed by atoms with Crippen molar-refractivity contribution in [3.63, 3.8) is 0 Å². The van der Waals surface area contributed by atoms with Crippen LogP contribution in [0.5, 0.6) is 0 Å². The summed E-state index contributed by atoms with van der Waals surface area (Å²) >= 11 is 3.29. The van der Waals surface area contributed by atoms with Crippen molar-refractivity contribution in [2.24, 2.45) is 0 Å². The van der Waals surface area contributed by atoms with E-state index in [9.17, 15) is 4.79 Å². The number of hydrogen-bond acceptors (Lipinski definition) is 2. The topological polar surface area (TPSA) is 58.9 Å². The number of nitrogens with one attached hydrogen (secondary N) is 1. The first kappa shape index (κ1) is 8.33. The highest BCUT2D eigenvalue weighted by Gasteiger charge is 2.04. The zero-order valence-electron chi connectivity index (χ0n) is 6.15. The van der Waals surface area contributed by atoms with Crippen molar-refractivity contribution in [1.82, 2.24) is 4.98 Å². The lowest BCUT2D eigenvalue weighted by Gasteiger charge is -2.02. The number of pyridine rings is 1. The average molecular weight is 217 g/mol. The number of nitrogen functional groups attached to an aromatic ring is 1. The molecule has 0 aliphatic rings. The summed E-state index contributed by atoms with van der Waals surface area (Å²) in [6.45, 7) is 1.95. The highest BCUT2D eigenvalue weighted by molar-refractivity contribution is 9.10. The zero-order chi connectivity index (χ0) is 8.43. The van der Waals surface area contributed by atoms with Crippen molar-refractivity contribution in [1.29, 1.82) is 0 Å². The van der Waals surface area contributed by atoms with E-state index in [2.05, 4.69) is 20.9 Å². The van der Waals surface area contributed by atoms with E-state index >= 15 is 0 Å². The lowest BCUT2D eigenvalue weighted by atomic mass is 10.2. The molecular formula is C7H9BrN2O. The van der Waals surface area contributed by atoms with Crippen molar-refractivity contribution < 1.29 is 0 Å². The summed E-state index contributed by atoms with van der Waals surface area (Å²) < 4.78 is 0.858. The fourth-order valence-electron chi connectivity index (χ4n) is 0.919. The van der Waals surface area contributed by atoms with Crippen molar-refractivity contribution in [2.45, 2.75) is 13.3 Å². The first-order valence-electron chi connectivity index (χ1n) is 3.32. The Morgan fingerprint density at radius 2 is 2.36 bits per heavy atom. The molecule has 0 aliphatic heterocycles. The van der Waals surface area contributed by atoms with Gasteiger partial charge in [0, 0.05) is 10.7 Å². The molecule has 0 unspecified atom stereocenters. The van der Waals surface area contributed by atoms with Gasteiger partial charge in [0.2, 0.25) is 0 Å². The summed E-state index contributed by atoms with van der Waals surface area (Å²) in [5.74, 6) is 0. The Bertz CT molecular complexity index is 319. The number of hydrogen-bond donors (Lipinski definition) is 2. The number of aromatic amines is 1. The molecule has 0 spiro atoms. The van der Waals surface area contributed by atoms with Gasteiger partial charge in [0.1, 0.15) is 5.69 Å². The number of rotatable bonds is 1. The van der Waals surface area contributed by atoms with Crippen LogP contribution in [0.25, 0.3) is 0 Å². The number of halogens is 1. The second-order valence-electron chi connectivity index (χ2n) is 2.21. The van der Waals surface area contributed by atoms with Crippen LogP contribution < -0.4 is 11.3 Å². The van der Waals surface area contributed by atoms with Crippen LogP contribution in [0.15, 0.2) is 15.5 Å². The molecule has 3 N–H and O–H groups in total. The molecule has 0 radical (unpaired) electrons. The molecule has 3 nitrogen and oxygen atoms in total. The fourth-order valence-corrected chi connectivity index (χ4v) is 1.53. The van der Waals surface area contributed by atoms with E-state index in [-0.39, 0.29) is 5.56 Å². The first-order valence-corrected chi connectivity index (χ1v) is 4.11. The van der Waals surface area contributed by atoms with E-state index in [4.69, 9.17) is 5.73 Å². The minimum Gasteiger partial charge on any atom is -0.394 e. The molecule has 0 saturated carbocycles. The molecule has 60 valence electrons. The molecule has 0 saturated heterocycles. The Hall–Kier alpha value is -0.770. The molecule has 1 aromatic heterocycles. The Morgan fingerprint density at radius 1 is 1.73 bits per heavy atom. The van der Waals surface area contributed by atoms with E-state index in [1.165, 1.54) is 0 Å². The quantitative estimate of drug-likeness (QED) is 0.744. The molecule has 0 bridgehead atoms. The van der Waals surface area contributed by atoms with Crippen molar-refractivity contribution in [2.75, 3.05) is 5.73 Å². The maximum absolute atomic E-state index is 10.9. The Labute approximate surface area is 72.7 Å². The second kappa shape index (κ2) is 3.09. The zero-order valence-corrected chi connectivity index (χ0v) is 7.73. The molecule has 0 fully saturated rings. The van der Waals surface area contributed by atoms with Crippen LogP contribution in [0.4, 0.5) is 5.69 Å². The normalized spacial score (nSPS) is 10.0. The summed E-state index contributed by atoms with van der Waals surface area (Å²) in [7, 11) is 0. The van der Waals surface area contributed by atoms with E-state index < -0.39 is 0 Å². The van der Waals surface area contributed by atoms with Gasteiger partial charge >= 0.3 is 0 Å². The van der Waals surface area contributed by atoms with Gasteiger partial charge in [0.25, 0.3) is 5.56 Å². The van der Waals surface area contributed by atoms with Crippen LogP contribution >= 0.6 is 15.9 Å². The highest BCUT2D eigenvalue weighted by Crippen LogP contribution is 2.18. The van der Waals surface area contributed by atoms with Gasteiger partial charge in [-0.15, -0.1) is 0 Å². The lowest BCUT2D eigenvalue weighted by molar-refractivity contribution is 1.09. The van der Waals surface area contributed by atoms with Gasteiger partial charge in [0.05, 0.1) is 0 Å². The van der Waals surface area contributed by atoms with Crippen LogP contribution in [0.2, 0.25) is 0 Å². The van der Waals surface area contributed by atoms with Gasteiger partial charge < -0.3 is 10.7 Å². The molecular weight excluding hydrogens is 208 g/mol. The Balaban J connectivity index is 3.41. The van der Waals surface area contributed by atoms with E-state index in [0.717, 1.165) is 16.5 Å². The molecule has 1 aromatic rings. The third-order valence-corrected chi connectivity index (χ3v) is 2.25. The van der Waals surface area contributed by atoms with E-state index in [1.807, 2.05) is 6.92 Å². The van der Waals surface area contributed by atoms with Crippen molar-refractivity contribution in [3.05, 3.63) is 26.6 Å². The minimum absolute atomic E-state index is 0.218. The first-order chi connectivity index (χ1) is 5.16. The maximum atomic E-state index is 10.9. The highest BCUT2D eigenvalue weighted by atomic mass is 79.9. The smallest absolute Gasteiger partial charge is 0.271 e. The third-order valence-electron chi connectivity index (χ3n) is 1.54. The molecule has 4 heteroatoms. The Morgan fingerprint density at radius 3 is 2.82 bits per heavy atom. The standard InChI is InChI=1S/C7H9BrN2O/c1-2-4-5(8)3-10-7(11)6(4)9/h3H,2,9H2,1H3,(H,10,11). The van der Waals surface area contributed by atoms with Gasteiger partial charge in [-0.25, -0.2) is 0 Å². The summed E-state index contributed by atoms with van der Waals surface area (Å²) in [6.07, 6.45) is 2.37. The lowest BCUT2D eigenvalue weighted by Crippen LogP contribution is -2.13. The maximum Gasteiger partial charge on any atom is 0.271 e. The van der Waals surface area contributed by atoms with Gasteiger partial charge in [-0.3, -0.25) is 4.79 Å². The molecule has 0 amide bonds. The number of H-pyrrole nitrogens is 1. The van der Waals surface area contributed by atoms with Crippen LogP contribution in [0, 0.1) is 0 Å². The number of aromatic nitrogens is 1. The largest absolute Gasteiger partial charge is 0.394 e. The van der Waals surface area contributed by atoms with E-state index in [0.29, 0.717) is 5.69 Å². The fraction of sp³-hybridized carbons (Fsp3) is 0.286. The minimum atomic E-state index is -0.218. The van der Waals surface area contributed by atoms with Gasteiger partial charge in [-0.1, -0.05) is 6.92 Å². The summed E-state index contributed by atoms with van der Waals surface area (Å²) in [5.41, 5.74) is 6.48. The van der Waals surface area contributed by atoms with Gasteiger partial charge in [-0.05, 0) is 27.9 Å². The second-order valence-corrected chi connectivity index (χ2v) is 3.07. The molecule has 0 aliphatic carbocycles. The Kier molecular flexibility index (Phi) is 2.34. The predicted octanol–water partition coefficient (Wildman–Crippen LogP) is 1.28. The molecule has 0 atom stereocenters. The summed E-state index contributed by atoms with van der Waals surface area (Å²) in [5, 5.41) is 0. The summed E-state index contributed by atoms with van der Waals surface area (Å²) in [6, 6.07) is 0. The molecule has 1 rings (SSSR count). The average Bonchev–Trinajstić information content (AvgIpc) is 1.99. The van der Waals surface area contributed by atoms with Crippen LogP contribution in [0.1, 0.15) is 12.5 Å². The number of nitrogens with two attached hydrogens (primary N) is 1. The van der Waals surface area contributed by atoms with Gasteiger partial charge in [0.15, 0.2) is 0 Å². The predicted molar refractivity (Wildman–Crippen MR) is 48.6 cm³/mol.